The lowest BCUT2D eigenvalue weighted by atomic mass is 9.78. The van der Waals surface area contributed by atoms with Gasteiger partial charge in [0.1, 0.15) is 6.04 Å². The molecule has 1 aromatic rings. The monoisotopic (exact) mass is 495 g/mol. The molecule has 0 aromatic heterocycles. The van der Waals surface area contributed by atoms with Crippen molar-refractivity contribution >= 4 is 35.2 Å². The molecule has 1 spiro atoms. The van der Waals surface area contributed by atoms with Crippen LogP contribution in [-0.2, 0) is 14.4 Å². The van der Waals surface area contributed by atoms with Crippen molar-refractivity contribution in [2.45, 2.75) is 55.3 Å². The van der Waals surface area contributed by atoms with Crippen LogP contribution in [0.1, 0.15) is 27.2 Å². The molecular weight excluding hydrogens is 462 g/mol. The van der Waals surface area contributed by atoms with Crippen molar-refractivity contribution in [2.75, 3.05) is 24.6 Å². The van der Waals surface area contributed by atoms with Crippen LogP contribution in [0.15, 0.2) is 54.6 Å². The summed E-state index contributed by atoms with van der Waals surface area (Å²) in [7, 11) is 0. The third-order valence-electron chi connectivity index (χ3n) is 7.89. The van der Waals surface area contributed by atoms with Gasteiger partial charge in [0.05, 0.1) is 29.2 Å². The van der Waals surface area contributed by atoms with Crippen molar-refractivity contribution in [3.05, 3.63) is 54.6 Å². The number of rotatable bonds is 5. The summed E-state index contributed by atoms with van der Waals surface area (Å²) in [5.41, 5.74) is 0.799. The Morgan fingerprint density at radius 3 is 2.46 bits per heavy atom. The predicted octanol–water partition coefficient (Wildman–Crippen LogP) is 2.46. The molecular formula is C27H33N3O4S. The van der Waals surface area contributed by atoms with Crippen molar-refractivity contribution in [3.63, 3.8) is 0 Å². The first kappa shape index (κ1) is 24.1. The van der Waals surface area contributed by atoms with Gasteiger partial charge in [-0.1, -0.05) is 49.4 Å². The number of carbonyl (C=O) groups is 3. The van der Waals surface area contributed by atoms with Crippen LogP contribution in [-0.4, -0.2) is 80.4 Å². The number of benzene rings is 1. The SMILES string of the molecule is CC[C@@H](CO)N1C(=O)[C@@H]2[C@@H]3C(=O)N(c4ccccc4)CC=C[C@@H]3S[C@@]23C=CCN(C(C)C)C(=O)C13. The fourth-order valence-electron chi connectivity index (χ4n) is 6.21. The molecule has 1 aromatic carbocycles. The zero-order chi connectivity index (χ0) is 24.9. The maximum Gasteiger partial charge on any atom is 0.247 e. The lowest BCUT2D eigenvalue weighted by Crippen LogP contribution is -2.57. The molecule has 6 atom stereocenters. The summed E-state index contributed by atoms with van der Waals surface area (Å²) in [6, 6.07) is 8.28. The van der Waals surface area contributed by atoms with Crippen LogP contribution in [0.25, 0.3) is 0 Å². The van der Waals surface area contributed by atoms with Crippen LogP contribution in [0, 0.1) is 11.8 Å². The molecule has 2 saturated heterocycles. The largest absolute Gasteiger partial charge is 0.394 e. The number of aliphatic hydroxyl groups excluding tert-OH is 1. The minimum atomic E-state index is -0.852. The molecule has 3 amide bonds. The standard InChI is InChI=1S/C27H33N3O4S/c1-4-18(16-31)30-23-26(34)28(17(2)3)15-9-13-27(23)22(25(30)33)21-20(35-27)12-8-14-29(24(21)32)19-10-6-5-7-11-19/h5-13,17-18,20-23,31H,4,14-16H2,1-3H3/t18-,20-,21+,22-,23?,27-/m0/s1. The quantitative estimate of drug-likeness (QED) is 0.635. The first-order valence-electron chi connectivity index (χ1n) is 12.5. The Hall–Kier alpha value is -2.58. The Balaban J connectivity index is 1.63. The summed E-state index contributed by atoms with van der Waals surface area (Å²) in [5, 5.41) is 9.98. The number of hydrogen-bond donors (Lipinski definition) is 1. The number of aliphatic hydroxyl groups is 1. The van der Waals surface area contributed by atoms with Crippen molar-refractivity contribution in [2.24, 2.45) is 11.8 Å². The Labute approximate surface area is 210 Å². The number of anilines is 1. The molecule has 0 aliphatic carbocycles. The van der Waals surface area contributed by atoms with Crippen LogP contribution in [0.2, 0.25) is 0 Å². The van der Waals surface area contributed by atoms with E-state index < -0.39 is 28.7 Å². The third-order valence-corrected chi connectivity index (χ3v) is 9.64. The van der Waals surface area contributed by atoms with Crippen molar-refractivity contribution in [3.8, 4) is 0 Å². The van der Waals surface area contributed by atoms with E-state index in [1.165, 1.54) is 0 Å². The molecule has 0 bridgehead atoms. The highest BCUT2D eigenvalue weighted by molar-refractivity contribution is 8.02. The molecule has 4 aliphatic heterocycles. The zero-order valence-corrected chi connectivity index (χ0v) is 21.2. The Bertz CT molecular complexity index is 1070. The Morgan fingerprint density at radius 2 is 1.80 bits per heavy atom. The summed E-state index contributed by atoms with van der Waals surface area (Å²) in [6.45, 7) is 6.56. The first-order chi connectivity index (χ1) is 16.9. The van der Waals surface area contributed by atoms with E-state index in [9.17, 15) is 19.5 Å². The van der Waals surface area contributed by atoms with Gasteiger partial charge in [-0.05, 0) is 32.4 Å². The summed E-state index contributed by atoms with van der Waals surface area (Å²) >= 11 is 1.57. The number of para-hydroxylation sites is 1. The van der Waals surface area contributed by atoms with Crippen LogP contribution in [0.3, 0.4) is 0 Å². The lowest BCUT2D eigenvalue weighted by molar-refractivity contribution is -0.146. The minimum Gasteiger partial charge on any atom is -0.394 e. The molecule has 2 fully saturated rings. The second-order valence-corrected chi connectivity index (χ2v) is 11.5. The second kappa shape index (κ2) is 9.13. The highest BCUT2D eigenvalue weighted by Crippen LogP contribution is 2.61. The smallest absolute Gasteiger partial charge is 0.247 e. The highest BCUT2D eigenvalue weighted by Gasteiger charge is 2.71. The van der Waals surface area contributed by atoms with E-state index in [-0.39, 0.29) is 35.6 Å². The minimum absolute atomic E-state index is 0.0283. The van der Waals surface area contributed by atoms with E-state index in [4.69, 9.17) is 0 Å². The molecule has 35 heavy (non-hydrogen) atoms. The van der Waals surface area contributed by atoms with Crippen LogP contribution < -0.4 is 4.90 Å². The van der Waals surface area contributed by atoms with E-state index in [0.29, 0.717) is 19.5 Å². The maximum absolute atomic E-state index is 14.2. The fourth-order valence-corrected chi connectivity index (χ4v) is 8.20. The van der Waals surface area contributed by atoms with Crippen molar-refractivity contribution < 1.29 is 19.5 Å². The van der Waals surface area contributed by atoms with Gasteiger partial charge in [0.2, 0.25) is 17.7 Å². The highest BCUT2D eigenvalue weighted by atomic mass is 32.2. The lowest BCUT2D eigenvalue weighted by Gasteiger charge is -2.39. The fraction of sp³-hybridized carbons (Fsp3) is 0.519. The average Bonchev–Trinajstić information content (AvgIpc) is 3.16. The van der Waals surface area contributed by atoms with Crippen LogP contribution in [0.4, 0.5) is 5.69 Å². The van der Waals surface area contributed by atoms with Gasteiger partial charge in [-0.25, -0.2) is 0 Å². The van der Waals surface area contributed by atoms with E-state index in [2.05, 4.69) is 0 Å². The van der Waals surface area contributed by atoms with Gasteiger partial charge in [0.15, 0.2) is 0 Å². The first-order valence-corrected chi connectivity index (χ1v) is 13.4. The van der Waals surface area contributed by atoms with Gasteiger partial charge in [-0.2, -0.15) is 0 Å². The number of carbonyl (C=O) groups excluding carboxylic acids is 3. The molecule has 1 N–H and O–H groups in total. The van der Waals surface area contributed by atoms with Crippen molar-refractivity contribution in [1.29, 1.82) is 0 Å². The Kier molecular flexibility index (Phi) is 6.30. The molecule has 1 unspecified atom stereocenters. The van der Waals surface area contributed by atoms with E-state index in [1.807, 2.05) is 75.4 Å². The van der Waals surface area contributed by atoms with Crippen molar-refractivity contribution in [1.82, 2.24) is 9.80 Å². The molecule has 8 heteroatoms. The Morgan fingerprint density at radius 1 is 1.06 bits per heavy atom. The molecule has 0 saturated carbocycles. The summed E-state index contributed by atoms with van der Waals surface area (Å²) in [5.74, 6) is -1.64. The number of fused-ring (bicyclic) bond motifs is 2. The number of thioether (sulfide) groups is 1. The van der Waals surface area contributed by atoms with Gasteiger partial charge < -0.3 is 19.8 Å². The number of likely N-dealkylation sites (tertiary alicyclic amines) is 1. The van der Waals surface area contributed by atoms with Gasteiger partial charge >= 0.3 is 0 Å². The zero-order valence-electron chi connectivity index (χ0n) is 20.4. The van der Waals surface area contributed by atoms with Gasteiger partial charge in [-0.3, -0.25) is 14.4 Å². The van der Waals surface area contributed by atoms with Crippen LogP contribution >= 0.6 is 11.8 Å². The molecule has 0 radical (unpaired) electrons. The number of hydrogen-bond acceptors (Lipinski definition) is 5. The van der Waals surface area contributed by atoms with Gasteiger partial charge in [0.25, 0.3) is 0 Å². The summed E-state index contributed by atoms with van der Waals surface area (Å²) in [4.78, 5) is 47.5. The maximum atomic E-state index is 14.2. The average molecular weight is 496 g/mol. The third kappa shape index (κ3) is 3.56. The molecule has 7 nitrogen and oxygen atoms in total. The predicted molar refractivity (Wildman–Crippen MR) is 137 cm³/mol. The summed E-state index contributed by atoms with van der Waals surface area (Å²) < 4.78 is -0.852. The molecule has 4 aliphatic rings. The normalized spacial score (nSPS) is 33.1. The van der Waals surface area contributed by atoms with E-state index >= 15 is 0 Å². The molecule has 4 heterocycles. The summed E-state index contributed by atoms with van der Waals surface area (Å²) in [6.07, 6.45) is 8.59. The van der Waals surface area contributed by atoms with E-state index in [1.54, 1.807) is 26.5 Å². The topological polar surface area (TPSA) is 81.2 Å². The van der Waals surface area contributed by atoms with Gasteiger partial charge in [-0.15, -0.1) is 11.8 Å². The second-order valence-electron chi connectivity index (χ2n) is 10.0. The van der Waals surface area contributed by atoms with Gasteiger partial charge in [0, 0.05) is 30.1 Å². The number of amides is 3. The molecule has 5 rings (SSSR count). The van der Waals surface area contributed by atoms with Crippen LogP contribution in [0.5, 0.6) is 0 Å². The molecule has 186 valence electrons. The number of nitrogens with zero attached hydrogens (tertiary/aromatic N) is 3. The van der Waals surface area contributed by atoms with E-state index in [0.717, 1.165) is 5.69 Å².